The van der Waals surface area contributed by atoms with Gasteiger partial charge in [-0.1, -0.05) is 15.9 Å². The van der Waals surface area contributed by atoms with Crippen molar-refractivity contribution in [1.82, 2.24) is 4.90 Å². The van der Waals surface area contributed by atoms with Crippen LogP contribution in [0.25, 0.3) is 0 Å². The molecule has 0 spiro atoms. The molecule has 2 aliphatic rings. The standard InChI is InChI=1S/C12H22BrNO2/c1-15-12-4-2-3-10(7-12)14-5-6-16-9-11(14)8-13/h10-12H,2-9H2,1H3. The highest BCUT2D eigenvalue weighted by atomic mass is 79.9. The van der Waals surface area contributed by atoms with Gasteiger partial charge >= 0.3 is 0 Å². The third-order valence-electron chi connectivity index (χ3n) is 3.85. The molecule has 3 nitrogen and oxygen atoms in total. The summed E-state index contributed by atoms with van der Waals surface area (Å²) in [6.45, 7) is 2.84. The minimum atomic E-state index is 0.470. The Kier molecular flexibility index (Phi) is 5.07. The van der Waals surface area contributed by atoms with Gasteiger partial charge in [0.1, 0.15) is 0 Å². The number of rotatable bonds is 3. The second kappa shape index (κ2) is 6.34. The molecule has 16 heavy (non-hydrogen) atoms. The number of ether oxygens (including phenoxy) is 2. The summed E-state index contributed by atoms with van der Waals surface area (Å²) in [5, 5.41) is 1.02. The summed E-state index contributed by atoms with van der Waals surface area (Å²) in [4.78, 5) is 2.63. The Bertz CT molecular complexity index is 215. The van der Waals surface area contributed by atoms with Crippen LogP contribution in [0.2, 0.25) is 0 Å². The van der Waals surface area contributed by atoms with Gasteiger partial charge in [0, 0.05) is 31.1 Å². The second-order valence-corrected chi connectivity index (χ2v) is 5.45. The first-order valence-electron chi connectivity index (χ1n) is 6.27. The van der Waals surface area contributed by atoms with Gasteiger partial charge in [0.15, 0.2) is 0 Å². The van der Waals surface area contributed by atoms with Gasteiger partial charge in [-0.3, -0.25) is 4.90 Å². The lowest BCUT2D eigenvalue weighted by molar-refractivity contribution is -0.0463. The number of halogens is 1. The molecule has 94 valence electrons. The molecule has 1 saturated carbocycles. The van der Waals surface area contributed by atoms with Crippen molar-refractivity contribution in [1.29, 1.82) is 0 Å². The Balaban J connectivity index is 1.93. The SMILES string of the molecule is COC1CCCC(N2CCOCC2CBr)C1. The highest BCUT2D eigenvalue weighted by Gasteiger charge is 2.32. The minimum Gasteiger partial charge on any atom is -0.381 e. The smallest absolute Gasteiger partial charge is 0.0630 e. The van der Waals surface area contributed by atoms with Crippen molar-refractivity contribution in [3.8, 4) is 0 Å². The molecule has 0 aromatic heterocycles. The molecule has 0 amide bonds. The van der Waals surface area contributed by atoms with E-state index in [2.05, 4.69) is 20.8 Å². The monoisotopic (exact) mass is 291 g/mol. The molecule has 3 unspecified atom stereocenters. The summed E-state index contributed by atoms with van der Waals surface area (Å²) in [5.41, 5.74) is 0. The topological polar surface area (TPSA) is 21.7 Å². The van der Waals surface area contributed by atoms with Crippen molar-refractivity contribution >= 4 is 15.9 Å². The number of alkyl halides is 1. The maximum Gasteiger partial charge on any atom is 0.0630 e. The molecular formula is C12H22BrNO2. The summed E-state index contributed by atoms with van der Waals surface area (Å²) in [5.74, 6) is 0. The zero-order valence-electron chi connectivity index (χ0n) is 10.0. The summed E-state index contributed by atoms with van der Waals surface area (Å²) in [6, 6.07) is 1.25. The molecule has 1 aliphatic heterocycles. The van der Waals surface area contributed by atoms with E-state index >= 15 is 0 Å². The van der Waals surface area contributed by atoms with E-state index in [9.17, 15) is 0 Å². The number of morpholine rings is 1. The van der Waals surface area contributed by atoms with Crippen LogP contribution in [0.1, 0.15) is 25.7 Å². The first-order chi connectivity index (χ1) is 7.85. The van der Waals surface area contributed by atoms with E-state index in [0.717, 1.165) is 25.1 Å². The molecule has 4 heteroatoms. The van der Waals surface area contributed by atoms with Gasteiger partial charge in [-0.2, -0.15) is 0 Å². The number of nitrogens with zero attached hydrogens (tertiary/aromatic N) is 1. The molecule has 0 N–H and O–H groups in total. The van der Waals surface area contributed by atoms with Crippen LogP contribution in [0.4, 0.5) is 0 Å². The molecule has 0 aromatic rings. The highest BCUT2D eigenvalue weighted by molar-refractivity contribution is 9.09. The Morgan fingerprint density at radius 3 is 3.06 bits per heavy atom. The van der Waals surface area contributed by atoms with Crippen LogP contribution in [0, 0.1) is 0 Å². The highest BCUT2D eigenvalue weighted by Crippen LogP contribution is 2.27. The molecule has 0 bridgehead atoms. The van der Waals surface area contributed by atoms with Crippen LogP contribution >= 0.6 is 15.9 Å². The van der Waals surface area contributed by atoms with E-state index in [1.54, 1.807) is 0 Å². The zero-order chi connectivity index (χ0) is 11.4. The van der Waals surface area contributed by atoms with Crippen LogP contribution in [0.3, 0.4) is 0 Å². The predicted molar refractivity (Wildman–Crippen MR) is 68.2 cm³/mol. The summed E-state index contributed by atoms with van der Waals surface area (Å²) in [6.07, 6.45) is 5.52. The van der Waals surface area contributed by atoms with Crippen LogP contribution in [0.15, 0.2) is 0 Å². The molecule has 1 saturated heterocycles. The van der Waals surface area contributed by atoms with E-state index in [-0.39, 0.29) is 0 Å². The van der Waals surface area contributed by atoms with Gasteiger partial charge in [-0.05, 0) is 25.7 Å². The Labute approximate surface area is 107 Å². The van der Waals surface area contributed by atoms with Crippen LogP contribution in [-0.4, -0.2) is 55.3 Å². The lowest BCUT2D eigenvalue weighted by Crippen LogP contribution is -2.53. The molecule has 3 atom stereocenters. The van der Waals surface area contributed by atoms with Gasteiger partial charge in [0.05, 0.1) is 19.3 Å². The molecule has 2 fully saturated rings. The molecule has 0 aromatic carbocycles. The van der Waals surface area contributed by atoms with Gasteiger partial charge in [0.2, 0.25) is 0 Å². The lowest BCUT2D eigenvalue weighted by atomic mass is 9.90. The average Bonchev–Trinajstić information content (AvgIpc) is 2.38. The molecule has 1 aliphatic carbocycles. The van der Waals surface area contributed by atoms with Crippen molar-refractivity contribution < 1.29 is 9.47 Å². The van der Waals surface area contributed by atoms with E-state index in [1.807, 2.05) is 7.11 Å². The van der Waals surface area contributed by atoms with E-state index in [0.29, 0.717) is 18.2 Å². The van der Waals surface area contributed by atoms with E-state index in [4.69, 9.17) is 9.47 Å². The quantitative estimate of drug-likeness (QED) is 0.743. The lowest BCUT2D eigenvalue weighted by Gasteiger charge is -2.43. The van der Waals surface area contributed by atoms with Crippen molar-refractivity contribution in [2.75, 3.05) is 32.2 Å². The number of methoxy groups -OCH3 is 1. The number of hydrogen-bond donors (Lipinski definition) is 0. The Morgan fingerprint density at radius 2 is 2.31 bits per heavy atom. The summed E-state index contributed by atoms with van der Waals surface area (Å²) in [7, 11) is 1.84. The van der Waals surface area contributed by atoms with Gasteiger partial charge in [-0.25, -0.2) is 0 Å². The van der Waals surface area contributed by atoms with Gasteiger partial charge < -0.3 is 9.47 Å². The summed E-state index contributed by atoms with van der Waals surface area (Å²) >= 11 is 3.60. The maximum absolute atomic E-state index is 5.54. The van der Waals surface area contributed by atoms with Gasteiger partial charge in [-0.15, -0.1) is 0 Å². The predicted octanol–water partition coefficient (Wildman–Crippen LogP) is 2.04. The molecule has 2 rings (SSSR count). The molecule has 0 radical (unpaired) electrons. The van der Waals surface area contributed by atoms with Gasteiger partial charge in [0.25, 0.3) is 0 Å². The Morgan fingerprint density at radius 1 is 1.44 bits per heavy atom. The van der Waals surface area contributed by atoms with E-state index < -0.39 is 0 Å². The summed E-state index contributed by atoms with van der Waals surface area (Å²) < 4.78 is 11.1. The first-order valence-corrected chi connectivity index (χ1v) is 7.39. The van der Waals surface area contributed by atoms with Crippen LogP contribution in [-0.2, 0) is 9.47 Å². The average molecular weight is 292 g/mol. The third-order valence-corrected chi connectivity index (χ3v) is 4.60. The van der Waals surface area contributed by atoms with Crippen LogP contribution < -0.4 is 0 Å². The maximum atomic E-state index is 5.54. The van der Waals surface area contributed by atoms with Crippen molar-refractivity contribution in [2.24, 2.45) is 0 Å². The second-order valence-electron chi connectivity index (χ2n) is 4.80. The number of hydrogen-bond acceptors (Lipinski definition) is 3. The fraction of sp³-hybridized carbons (Fsp3) is 1.00. The first kappa shape index (κ1) is 12.8. The fourth-order valence-electron chi connectivity index (χ4n) is 2.92. The third kappa shape index (κ3) is 2.97. The van der Waals surface area contributed by atoms with Crippen molar-refractivity contribution in [3.05, 3.63) is 0 Å². The Hall–Kier alpha value is 0.360. The van der Waals surface area contributed by atoms with Crippen molar-refractivity contribution in [2.45, 2.75) is 43.9 Å². The molecule has 1 heterocycles. The zero-order valence-corrected chi connectivity index (χ0v) is 11.6. The molecular weight excluding hydrogens is 270 g/mol. The minimum absolute atomic E-state index is 0.470. The largest absolute Gasteiger partial charge is 0.381 e. The fourth-order valence-corrected chi connectivity index (χ4v) is 3.48. The van der Waals surface area contributed by atoms with Crippen LogP contribution in [0.5, 0.6) is 0 Å². The normalized spacial score (nSPS) is 37.5. The van der Waals surface area contributed by atoms with E-state index in [1.165, 1.54) is 25.7 Å². The van der Waals surface area contributed by atoms with Crippen molar-refractivity contribution in [3.63, 3.8) is 0 Å².